The maximum absolute atomic E-state index is 11.9. The number of benzene rings is 1. The van der Waals surface area contributed by atoms with E-state index in [1.54, 1.807) is 6.92 Å². The van der Waals surface area contributed by atoms with Crippen LogP contribution in [-0.4, -0.2) is 5.78 Å². The lowest BCUT2D eigenvalue weighted by molar-refractivity contribution is -0.124. The van der Waals surface area contributed by atoms with Crippen LogP contribution in [0.2, 0.25) is 0 Å². The van der Waals surface area contributed by atoms with Crippen LogP contribution in [0.5, 0.6) is 0 Å². The van der Waals surface area contributed by atoms with Crippen LogP contribution in [0.15, 0.2) is 30.3 Å². The van der Waals surface area contributed by atoms with Crippen molar-refractivity contribution in [2.45, 2.75) is 38.1 Å². The molecule has 0 amide bonds. The number of rotatable bonds is 3. The van der Waals surface area contributed by atoms with Crippen LogP contribution in [-0.2, 0) is 10.3 Å². The monoisotopic (exact) mass is 217 g/mol. The van der Waals surface area contributed by atoms with Crippen molar-refractivity contribution in [3.05, 3.63) is 35.9 Å². The Morgan fingerprint density at radius 2 is 1.81 bits per heavy atom. The van der Waals surface area contributed by atoms with Crippen molar-refractivity contribution in [2.75, 3.05) is 0 Å². The molecule has 2 N–H and O–H groups in total. The summed E-state index contributed by atoms with van der Waals surface area (Å²) in [6, 6.07) is 9.81. The lowest BCUT2D eigenvalue weighted by atomic mass is 9.75. The molecule has 0 aliphatic heterocycles. The molecule has 1 aliphatic rings. The summed E-state index contributed by atoms with van der Waals surface area (Å²) in [4.78, 5) is 11.9. The van der Waals surface area contributed by atoms with Gasteiger partial charge in [-0.25, -0.2) is 0 Å². The maximum Gasteiger partial charge on any atom is 0.154 e. The summed E-state index contributed by atoms with van der Waals surface area (Å²) in [7, 11) is 0. The Kier molecular flexibility index (Phi) is 3.10. The fourth-order valence-electron chi connectivity index (χ4n) is 2.82. The van der Waals surface area contributed by atoms with Crippen molar-refractivity contribution in [1.29, 1.82) is 0 Å². The van der Waals surface area contributed by atoms with E-state index in [9.17, 15) is 4.79 Å². The minimum Gasteiger partial charge on any atom is -0.315 e. The van der Waals surface area contributed by atoms with E-state index in [1.165, 1.54) is 12.8 Å². The predicted octanol–water partition coefficient (Wildman–Crippen LogP) is 2.62. The lowest BCUT2D eigenvalue weighted by Crippen LogP contribution is -2.49. The highest BCUT2D eigenvalue weighted by Gasteiger charge is 2.41. The molecule has 2 rings (SSSR count). The molecule has 1 atom stereocenters. The third kappa shape index (κ3) is 1.78. The summed E-state index contributed by atoms with van der Waals surface area (Å²) < 4.78 is 0. The molecular formula is C14H19NO. The highest BCUT2D eigenvalue weighted by molar-refractivity contribution is 5.87. The van der Waals surface area contributed by atoms with E-state index >= 15 is 0 Å². The van der Waals surface area contributed by atoms with E-state index in [0.29, 0.717) is 5.92 Å². The van der Waals surface area contributed by atoms with Gasteiger partial charge in [0.2, 0.25) is 0 Å². The Morgan fingerprint density at radius 1 is 1.25 bits per heavy atom. The molecule has 16 heavy (non-hydrogen) atoms. The van der Waals surface area contributed by atoms with Crippen LogP contribution in [0.25, 0.3) is 0 Å². The number of hydrogen-bond acceptors (Lipinski definition) is 2. The van der Waals surface area contributed by atoms with Crippen molar-refractivity contribution in [2.24, 2.45) is 11.7 Å². The Bertz CT molecular complexity index is 368. The van der Waals surface area contributed by atoms with Gasteiger partial charge in [-0.1, -0.05) is 43.2 Å². The molecule has 0 radical (unpaired) electrons. The van der Waals surface area contributed by atoms with Crippen molar-refractivity contribution >= 4 is 5.78 Å². The van der Waals surface area contributed by atoms with Crippen molar-refractivity contribution < 1.29 is 4.79 Å². The average Bonchev–Trinajstić information content (AvgIpc) is 2.82. The Hall–Kier alpha value is -1.15. The van der Waals surface area contributed by atoms with Gasteiger partial charge >= 0.3 is 0 Å². The smallest absolute Gasteiger partial charge is 0.154 e. The quantitative estimate of drug-likeness (QED) is 0.845. The van der Waals surface area contributed by atoms with Crippen LogP contribution in [0.1, 0.15) is 38.2 Å². The zero-order valence-electron chi connectivity index (χ0n) is 9.78. The standard InChI is InChI=1S/C14H19NO/c1-11(16)14(15,13-9-5-6-10-13)12-7-3-2-4-8-12/h2-4,7-8,13H,5-6,9-10,15H2,1H3. The topological polar surface area (TPSA) is 43.1 Å². The van der Waals surface area contributed by atoms with Crippen LogP contribution in [0.3, 0.4) is 0 Å². The highest BCUT2D eigenvalue weighted by atomic mass is 16.1. The zero-order valence-corrected chi connectivity index (χ0v) is 9.78. The van der Waals surface area contributed by atoms with Crippen LogP contribution in [0.4, 0.5) is 0 Å². The first-order valence-electron chi connectivity index (χ1n) is 6.01. The molecular weight excluding hydrogens is 198 g/mol. The summed E-state index contributed by atoms with van der Waals surface area (Å²) in [6.45, 7) is 1.62. The third-order valence-electron chi connectivity index (χ3n) is 3.83. The lowest BCUT2D eigenvalue weighted by Gasteiger charge is -2.33. The summed E-state index contributed by atoms with van der Waals surface area (Å²) in [5.41, 5.74) is 6.62. The van der Waals surface area contributed by atoms with Crippen molar-refractivity contribution in [3.63, 3.8) is 0 Å². The van der Waals surface area contributed by atoms with E-state index in [-0.39, 0.29) is 5.78 Å². The molecule has 0 aromatic heterocycles. The fourth-order valence-corrected chi connectivity index (χ4v) is 2.82. The number of nitrogens with two attached hydrogens (primary N) is 1. The van der Waals surface area contributed by atoms with Crippen molar-refractivity contribution in [1.82, 2.24) is 0 Å². The van der Waals surface area contributed by atoms with Gasteiger partial charge in [-0.15, -0.1) is 0 Å². The number of carbonyl (C=O) groups is 1. The molecule has 2 heteroatoms. The van der Waals surface area contributed by atoms with E-state index in [0.717, 1.165) is 18.4 Å². The number of carbonyl (C=O) groups excluding carboxylic acids is 1. The fraction of sp³-hybridized carbons (Fsp3) is 0.500. The maximum atomic E-state index is 11.9. The largest absolute Gasteiger partial charge is 0.315 e. The summed E-state index contributed by atoms with van der Waals surface area (Å²) >= 11 is 0. The van der Waals surface area contributed by atoms with Gasteiger partial charge in [-0.2, -0.15) is 0 Å². The van der Waals surface area contributed by atoms with Crippen LogP contribution >= 0.6 is 0 Å². The zero-order chi connectivity index (χ0) is 11.6. The van der Waals surface area contributed by atoms with Crippen LogP contribution in [0, 0.1) is 5.92 Å². The Labute approximate surface area is 96.8 Å². The van der Waals surface area contributed by atoms with Gasteiger partial charge in [0.05, 0.1) is 0 Å². The predicted molar refractivity (Wildman–Crippen MR) is 64.9 cm³/mol. The van der Waals surface area contributed by atoms with Crippen molar-refractivity contribution in [3.8, 4) is 0 Å². The number of ketones is 1. The highest BCUT2D eigenvalue weighted by Crippen LogP contribution is 2.39. The normalized spacial score (nSPS) is 20.6. The van der Waals surface area contributed by atoms with Gasteiger partial charge in [0, 0.05) is 0 Å². The van der Waals surface area contributed by atoms with Gasteiger partial charge < -0.3 is 5.73 Å². The first-order valence-corrected chi connectivity index (χ1v) is 6.01. The molecule has 86 valence electrons. The SMILES string of the molecule is CC(=O)C(N)(c1ccccc1)C1CCCC1. The molecule has 1 saturated carbocycles. The third-order valence-corrected chi connectivity index (χ3v) is 3.83. The molecule has 0 spiro atoms. The van der Waals surface area contributed by atoms with Gasteiger partial charge in [0.25, 0.3) is 0 Å². The minimum absolute atomic E-state index is 0.0885. The molecule has 2 nitrogen and oxygen atoms in total. The molecule has 1 fully saturated rings. The minimum atomic E-state index is -0.766. The average molecular weight is 217 g/mol. The van der Waals surface area contributed by atoms with Gasteiger partial charge in [0.1, 0.15) is 5.54 Å². The molecule has 0 saturated heterocycles. The number of hydrogen-bond donors (Lipinski definition) is 1. The van der Waals surface area contributed by atoms with E-state index < -0.39 is 5.54 Å². The van der Waals surface area contributed by atoms with E-state index in [2.05, 4.69) is 0 Å². The molecule has 1 aliphatic carbocycles. The number of Topliss-reactive ketones (excluding diaryl/α,β-unsaturated/α-hetero) is 1. The van der Waals surface area contributed by atoms with E-state index in [4.69, 9.17) is 5.73 Å². The summed E-state index contributed by atoms with van der Waals surface area (Å²) in [5.74, 6) is 0.401. The second-order valence-corrected chi connectivity index (χ2v) is 4.77. The second kappa shape index (κ2) is 4.38. The molecule has 1 unspecified atom stereocenters. The summed E-state index contributed by atoms with van der Waals surface area (Å²) in [6.07, 6.45) is 4.55. The van der Waals surface area contributed by atoms with Crippen LogP contribution < -0.4 is 5.73 Å². The second-order valence-electron chi connectivity index (χ2n) is 4.77. The first kappa shape index (κ1) is 11.3. The Balaban J connectivity index is 2.39. The molecule has 0 bridgehead atoms. The Morgan fingerprint density at radius 3 is 2.31 bits per heavy atom. The molecule has 0 heterocycles. The molecule has 1 aromatic carbocycles. The molecule has 1 aromatic rings. The van der Waals surface area contributed by atoms with Gasteiger partial charge in [-0.05, 0) is 31.2 Å². The van der Waals surface area contributed by atoms with Gasteiger partial charge in [0.15, 0.2) is 5.78 Å². The van der Waals surface area contributed by atoms with Gasteiger partial charge in [-0.3, -0.25) is 4.79 Å². The first-order chi connectivity index (χ1) is 7.65. The van der Waals surface area contributed by atoms with E-state index in [1.807, 2.05) is 30.3 Å². The summed E-state index contributed by atoms with van der Waals surface area (Å²) in [5, 5.41) is 0.